The fourth-order valence-electron chi connectivity index (χ4n) is 5.28. The van der Waals surface area contributed by atoms with Crippen LogP contribution in [0.15, 0.2) is 74.6 Å². The second kappa shape index (κ2) is 13.9. The van der Waals surface area contributed by atoms with Gasteiger partial charge in [-0.3, -0.25) is 9.36 Å². The number of aryl methyl sites for hydroxylation is 1. The molecule has 0 bridgehead atoms. The lowest BCUT2D eigenvalue weighted by Gasteiger charge is -2.25. The Bertz CT molecular complexity index is 2120. The number of fused-ring (bicyclic) bond motifs is 1. The quantitative estimate of drug-likeness (QED) is 0.174. The zero-order valence-corrected chi connectivity index (χ0v) is 28.1. The van der Waals surface area contributed by atoms with Crippen LogP contribution in [0.1, 0.15) is 52.9 Å². The van der Waals surface area contributed by atoms with Crippen LogP contribution < -0.4 is 24.5 Å². The van der Waals surface area contributed by atoms with Crippen LogP contribution in [0.4, 0.5) is 14.5 Å². The number of nitriles is 1. The number of thiazole rings is 1. The standard InChI is InChI=1S/C34H31F2N5O4S2/c1-18-13-25(30(35)36)39-31(24(18)16-37)46-17-22-14-20(7-12-26(22)44-5)15-27-32(42)41-29(21-8-10-23(11-9-21)40(3)4)28(33(43)45-6)19(2)38-34(41)47-27/h7-15,29-30H,17H2,1-6H3/b27-15+. The highest BCUT2D eigenvalue weighted by Gasteiger charge is 2.33. The SMILES string of the molecule is COC(=O)C1=C(C)N=c2s/c(=C/c3ccc(OC)c(CSc4nc(C(F)F)cc(C)c4C#N)c3)c(=O)n2C1c1ccc(N(C)C)cc1. The minimum atomic E-state index is -2.77. The first-order valence-electron chi connectivity index (χ1n) is 14.3. The van der Waals surface area contributed by atoms with Crippen LogP contribution in [0, 0.1) is 18.3 Å². The average Bonchev–Trinajstić information content (AvgIpc) is 3.35. The number of aromatic nitrogens is 2. The molecule has 1 aliphatic heterocycles. The average molecular weight is 676 g/mol. The topological polar surface area (TPSA) is 110 Å². The zero-order valence-electron chi connectivity index (χ0n) is 26.5. The van der Waals surface area contributed by atoms with Crippen LogP contribution in [-0.4, -0.2) is 43.8 Å². The van der Waals surface area contributed by atoms with Crippen molar-refractivity contribution in [3.63, 3.8) is 0 Å². The molecule has 4 aromatic rings. The summed E-state index contributed by atoms with van der Waals surface area (Å²) in [4.78, 5) is 38.1. The number of benzene rings is 2. The molecule has 2 aromatic carbocycles. The third-order valence-electron chi connectivity index (χ3n) is 7.66. The summed E-state index contributed by atoms with van der Waals surface area (Å²) < 4.78 is 39.5. The number of rotatable bonds is 9. The Morgan fingerprint density at radius 1 is 1.17 bits per heavy atom. The van der Waals surface area contributed by atoms with Crippen molar-refractivity contribution in [3.05, 3.63) is 113 Å². The molecule has 0 fully saturated rings. The van der Waals surface area contributed by atoms with Gasteiger partial charge in [0.2, 0.25) is 0 Å². The van der Waals surface area contributed by atoms with Crippen LogP contribution in [0.25, 0.3) is 6.08 Å². The van der Waals surface area contributed by atoms with Crippen LogP contribution in [0.2, 0.25) is 0 Å². The Kier molecular flexibility index (Phi) is 9.93. The first-order valence-corrected chi connectivity index (χ1v) is 16.1. The molecular weight excluding hydrogens is 645 g/mol. The number of pyridine rings is 1. The van der Waals surface area contributed by atoms with Crippen molar-refractivity contribution in [2.45, 2.75) is 37.1 Å². The zero-order chi connectivity index (χ0) is 34.0. The van der Waals surface area contributed by atoms with Crippen molar-refractivity contribution in [1.82, 2.24) is 9.55 Å². The Morgan fingerprint density at radius 3 is 2.51 bits per heavy atom. The smallest absolute Gasteiger partial charge is 0.338 e. The van der Waals surface area contributed by atoms with Crippen LogP contribution in [-0.2, 0) is 15.3 Å². The fourth-order valence-corrected chi connectivity index (χ4v) is 7.37. The minimum absolute atomic E-state index is 0.207. The third-order valence-corrected chi connectivity index (χ3v) is 9.66. The maximum Gasteiger partial charge on any atom is 0.338 e. The van der Waals surface area contributed by atoms with E-state index in [1.807, 2.05) is 49.3 Å². The summed E-state index contributed by atoms with van der Waals surface area (Å²) in [7, 11) is 6.68. The molecule has 0 aliphatic carbocycles. The number of methoxy groups -OCH3 is 2. The molecule has 1 unspecified atom stereocenters. The van der Waals surface area contributed by atoms with Gasteiger partial charge in [0.15, 0.2) is 4.80 Å². The number of hydrogen-bond donors (Lipinski definition) is 0. The maximum absolute atomic E-state index is 14.0. The molecule has 0 saturated heterocycles. The van der Waals surface area contributed by atoms with Gasteiger partial charge in [-0.05, 0) is 66.9 Å². The van der Waals surface area contributed by atoms with Gasteiger partial charge in [-0.1, -0.05) is 29.5 Å². The van der Waals surface area contributed by atoms with E-state index >= 15 is 0 Å². The predicted octanol–water partition coefficient (Wildman–Crippen LogP) is 5.29. The molecule has 0 saturated carbocycles. The second-order valence-electron chi connectivity index (χ2n) is 10.9. The molecule has 2 aromatic heterocycles. The molecule has 47 heavy (non-hydrogen) atoms. The summed E-state index contributed by atoms with van der Waals surface area (Å²) >= 11 is 2.36. The van der Waals surface area contributed by atoms with E-state index in [1.54, 1.807) is 32.1 Å². The summed E-state index contributed by atoms with van der Waals surface area (Å²) in [5.41, 5.74) is 3.80. The first-order chi connectivity index (χ1) is 22.5. The normalized spacial score (nSPS) is 14.5. The number of hydrogen-bond acceptors (Lipinski definition) is 10. The Labute approximate surface area is 278 Å². The van der Waals surface area contributed by atoms with Crippen molar-refractivity contribution in [2.24, 2.45) is 4.99 Å². The number of anilines is 1. The van der Waals surface area contributed by atoms with E-state index in [4.69, 9.17) is 9.47 Å². The molecule has 0 N–H and O–H groups in total. The van der Waals surface area contributed by atoms with Gasteiger partial charge in [-0.15, -0.1) is 11.8 Å². The van der Waals surface area contributed by atoms with E-state index in [1.165, 1.54) is 36.2 Å². The summed E-state index contributed by atoms with van der Waals surface area (Å²) in [6.07, 6.45) is -1.03. The third kappa shape index (κ3) is 6.70. The number of carbonyl (C=O) groups excluding carboxylic acids is 1. The first kappa shape index (κ1) is 33.6. The van der Waals surface area contributed by atoms with E-state index in [-0.39, 0.29) is 27.5 Å². The molecule has 3 heterocycles. The van der Waals surface area contributed by atoms with Gasteiger partial charge >= 0.3 is 5.97 Å². The van der Waals surface area contributed by atoms with E-state index < -0.39 is 24.1 Å². The highest BCUT2D eigenvalue weighted by atomic mass is 32.2. The number of alkyl halides is 2. The van der Waals surface area contributed by atoms with E-state index in [0.717, 1.165) is 23.0 Å². The van der Waals surface area contributed by atoms with Gasteiger partial charge in [-0.25, -0.2) is 23.6 Å². The molecule has 242 valence electrons. The van der Waals surface area contributed by atoms with Gasteiger partial charge in [0.1, 0.15) is 22.5 Å². The summed E-state index contributed by atoms with van der Waals surface area (Å²) in [5, 5.41) is 9.85. The summed E-state index contributed by atoms with van der Waals surface area (Å²) in [6, 6.07) is 15.6. The predicted molar refractivity (Wildman–Crippen MR) is 178 cm³/mol. The number of esters is 1. The monoisotopic (exact) mass is 675 g/mol. The number of halogens is 2. The lowest BCUT2D eigenvalue weighted by molar-refractivity contribution is -0.136. The van der Waals surface area contributed by atoms with Crippen LogP contribution >= 0.6 is 23.1 Å². The molecular formula is C34H31F2N5O4S2. The largest absolute Gasteiger partial charge is 0.496 e. The van der Waals surface area contributed by atoms with E-state index in [9.17, 15) is 23.6 Å². The van der Waals surface area contributed by atoms with Gasteiger partial charge in [0.05, 0.1) is 41.6 Å². The van der Waals surface area contributed by atoms with Crippen molar-refractivity contribution in [2.75, 3.05) is 33.2 Å². The molecule has 1 aliphatic rings. The number of carbonyl (C=O) groups is 1. The van der Waals surface area contributed by atoms with Crippen LogP contribution in [0.3, 0.4) is 0 Å². The van der Waals surface area contributed by atoms with Gasteiger partial charge < -0.3 is 14.4 Å². The van der Waals surface area contributed by atoms with Crippen molar-refractivity contribution >= 4 is 40.8 Å². The molecule has 9 nitrogen and oxygen atoms in total. The highest BCUT2D eigenvalue weighted by Crippen LogP contribution is 2.34. The molecule has 13 heteroatoms. The van der Waals surface area contributed by atoms with Gasteiger partial charge in [-0.2, -0.15) is 5.26 Å². The Hall–Kier alpha value is -4.80. The van der Waals surface area contributed by atoms with E-state index in [2.05, 4.69) is 16.0 Å². The van der Waals surface area contributed by atoms with Gasteiger partial charge in [0, 0.05) is 31.1 Å². The number of ether oxygens (including phenoxy) is 2. The van der Waals surface area contributed by atoms with Crippen molar-refractivity contribution < 1.29 is 23.0 Å². The van der Waals surface area contributed by atoms with E-state index in [0.29, 0.717) is 37.5 Å². The molecule has 5 rings (SSSR count). The lowest BCUT2D eigenvalue weighted by atomic mass is 9.95. The number of nitrogens with zero attached hydrogens (tertiary/aromatic N) is 5. The number of thioether (sulfide) groups is 1. The highest BCUT2D eigenvalue weighted by molar-refractivity contribution is 7.98. The fraction of sp³-hybridized carbons (Fsp3) is 0.265. The van der Waals surface area contributed by atoms with Crippen molar-refractivity contribution in [1.29, 1.82) is 5.26 Å². The molecule has 0 radical (unpaired) electrons. The summed E-state index contributed by atoms with van der Waals surface area (Å²) in [6.45, 7) is 3.33. The summed E-state index contributed by atoms with van der Waals surface area (Å²) in [5.74, 6) is 0.253. The second-order valence-corrected chi connectivity index (χ2v) is 12.8. The minimum Gasteiger partial charge on any atom is -0.496 e. The maximum atomic E-state index is 14.0. The Balaban J connectivity index is 1.57. The lowest BCUT2D eigenvalue weighted by Crippen LogP contribution is -2.39. The van der Waals surface area contributed by atoms with Gasteiger partial charge in [0.25, 0.3) is 12.0 Å². The molecule has 0 amide bonds. The van der Waals surface area contributed by atoms with Crippen molar-refractivity contribution in [3.8, 4) is 11.8 Å². The molecule has 0 spiro atoms. The van der Waals surface area contributed by atoms with Crippen LogP contribution in [0.5, 0.6) is 5.75 Å². The Morgan fingerprint density at radius 2 is 1.89 bits per heavy atom. The number of allylic oxidation sites excluding steroid dienone is 1. The molecule has 1 atom stereocenters.